The Labute approximate surface area is 173 Å². The maximum Gasteiger partial charge on any atom is 0.408 e. The average molecular weight is 439 g/mol. The second-order valence-electron chi connectivity index (χ2n) is 7.03. The van der Waals surface area contributed by atoms with Gasteiger partial charge in [0.2, 0.25) is 0 Å². The first-order valence-electron chi connectivity index (χ1n) is 9.17. The largest absolute Gasteiger partial charge is 0.408 e. The molecule has 0 bridgehead atoms. The molecule has 0 amide bonds. The maximum atomic E-state index is 13.0. The molecule has 2 atom stereocenters. The lowest BCUT2D eigenvalue weighted by Crippen LogP contribution is -2.54. The van der Waals surface area contributed by atoms with Gasteiger partial charge in [0.25, 0.3) is 0 Å². The van der Waals surface area contributed by atoms with Crippen LogP contribution in [-0.2, 0) is 10.0 Å². The van der Waals surface area contributed by atoms with Crippen LogP contribution < -0.4 is 9.62 Å². The van der Waals surface area contributed by atoms with E-state index in [-0.39, 0.29) is 18.8 Å². The van der Waals surface area contributed by atoms with Crippen molar-refractivity contribution in [3.8, 4) is 0 Å². The molecule has 0 saturated carbocycles. The summed E-state index contributed by atoms with van der Waals surface area (Å²) in [4.78, 5) is 0. The van der Waals surface area contributed by atoms with Crippen LogP contribution in [0.4, 0.5) is 18.9 Å². The molecule has 5 nitrogen and oxygen atoms in total. The molecule has 0 saturated heterocycles. The van der Waals surface area contributed by atoms with E-state index < -0.39 is 31.9 Å². The lowest BCUT2D eigenvalue weighted by atomic mass is 10.0. The molecule has 9 heteroatoms. The average Bonchev–Trinajstić information content (AvgIpc) is 2.72. The highest BCUT2D eigenvalue weighted by Crippen LogP contribution is 2.36. The predicted octanol–water partition coefficient (Wildman–Crippen LogP) is 3.38. The van der Waals surface area contributed by atoms with Crippen molar-refractivity contribution in [2.75, 3.05) is 18.8 Å². The summed E-state index contributed by atoms with van der Waals surface area (Å²) in [5.74, 6) is -1.96. The van der Waals surface area contributed by atoms with Crippen LogP contribution >= 0.6 is 0 Å². The monoisotopic (exact) mass is 439 g/mol. The van der Waals surface area contributed by atoms with Gasteiger partial charge in [0.05, 0.1) is 0 Å². The summed E-state index contributed by atoms with van der Waals surface area (Å²) in [7, 11) is -4.72. The SMILES string of the molecule is NCC1=C[N+](c2ccc(C(O)c3ccccc3)cc2)(S(=O)(=O)CC(F)(F)F)CC=C1. The summed E-state index contributed by atoms with van der Waals surface area (Å²) in [5, 5.41) is 10.5. The number of nitrogens with two attached hydrogens (primary N) is 1. The minimum atomic E-state index is -4.88. The van der Waals surface area contributed by atoms with Crippen LogP contribution in [0.15, 0.2) is 78.5 Å². The van der Waals surface area contributed by atoms with Crippen LogP contribution in [0.5, 0.6) is 0 Å². The zero-order valence-corrected chi connectivity index (χ0v) is 16.8. The van der Waals surface area contributed by atoms with Crippen LogP contribution in [0.2, 0.25) is 0 Å². The van der Waals surface area contributed by atoms with Crippen LogP contribution in [0, 0.1) is 0 Å². The maximum absolute atomic E-state index is 13.0. The topological polar surface area (TPSA) is 80.4 Å². The van der Waals surface area contributed by atoms with Crippen molar-refractivity contribution in [3.63, 3.8) is 0 Å². The van der Waals surface area contributed by atoms with Crippen molar-refractivity contribution < 1.29 is 26.7 Å². The molecule has 0 aliphatic carbocycles. The van der Waals surface area contributed by atoms with Crippen molar-refractivity contribution in [2.24, 2.45) is 5.73 Å². The zero-order valence-electron chi connectivity index (χ0n) is 16.0. The molecule has 1 aliphatic heterocycles. The Morgan fingerprint density at radius 1 is 1.03 bits per heavy atom. The number of alkyl halides is 3. The number of quaternary nitrogens is 1. The fourth-order valence-electron chi connectivity index (χ4n) is 3.44. The molecular weight excluding hydrogens is 417 g/mol. The lowest BCUT2D eigenvalue weighted by molar-refractivity contribution is -0.106. The van der Waals surface area contributed by atoms with Crippen molar-refractivity contribution in [2.45, 2.75) is 12.3 Å². The van der Waals surface area contributed by atoms with E-state index in [0.29, 0.717) is 16.7 Å². The molecule has 30 heavy (non-hydrogen) atoms. The highest BCUT2D eigenvalue weighted by Gasteiger charge is 2.50. The van der Waals surface area contributed by atoms with Crippen molar-refractivity contribution in [3.05, 3.63) is 89.6 Å². The van der Waals surface area contributed by atoms with Gasteiger partial charge in [-0.25, -0.2) is 0 Å². The molecule has 3 rings (SSSR count). The molecule has 1 aliphatic rings. The zero-order chi connectivity index (χ0) is 22.0. The number of rotatable bonds is 6. The number of aliphatic hydroxyl groups is 1. The Morgan fingerprint density at radius 3 is 2.20 bits per heavy atom. The summed E-state index contributed by atoms with van der Waals surface area (Å²) in [6.45, 7) is -0.203. The fourth-order valence-corrected chi connectivity index (χ4v) is 5.13. The Bertz CT molecular complexity index is 1050. The van der Waals surface area contributed by atoms with E-state index in [4.69, 9.17) is 5.73 Å². The van der Waals surface area contributed by atoms with Gasteiger partial charge < -0.3 is 10.8 Å². The van der Waals surface area contributed by atoms with Gasteiger partial charge in [-0.15, -0.1) is 0 Å². The van der Waals surface area contributed by atoms with Crippen LogP contribution in [0.1, 0.15) is 17.2 Å². The Balaban J connectivity index is 2.05. The highest BCUT2D eigenvalue weighted by molar-refractivity contribution is 7.91. The van der Waals surface area contributed by atoms with E-state index in [1.54, 1.807) is 30.3 Å². The van der Waals surface area contributed by atoms with Gasteiger partial charge >= 0.3 is 16.2 Å². The number of sulfonamides is 1. The van der Waals surface area contributed by atoms with Gasteiger partial charge in [0.1, 0.15) is 18.8 Å². The highest BCUT2D eigenvalue weighted by atomic mass is 32.2. The minimum absolute atomic E-state index is 0.0111. The van der Waals surface area contributed by atoms with E-state index in [0.717, 1.165) is 0 Å². The molecule has 2 aromatic rings. The second kappa shape index (κ2) is 8.35. The summed E-state index contributed by atoms with van der Waals surface area (Å²) in [6, 6.07) is 14.7. The first kappa shape index (κ1) is 22.2. The van der Waals surface area contributed by atoms with E-state index in [2.05, 4.69) is 0 Å². The number of hydrogen-bond donors (Lipinski definition) is 2. The van der Waals surface area contributed by atoms with E-state index in [1.807, 2.05) is 6.07 Å². The third kappa shape index (κ3) is 4.49. The van der Waals surface area contributed by atoms with E-state index in [9.17, 15) is 26.7 Å². The lowest BCUT2D eigenvalue weighted by Gasteiger charge is -2.34. The minimum Gasteiger partial charge on any atom is -0.384 e. The van der Waals surface area contributed by atoms with Gasteiger partial charge in [0.15, 0.2) is 11.4 Å². The molecular formula is C21H22F3N2O3S+. The summed E-state index contributed by atoms with van der Waals surface area (Å²) >= 11 is 0. The number of hydrogen-bond acceptors (Lipinski definition) is 4. The molecule has 160 valence electrons. The summed E-state index contributed by atoms with van der Waals surface area (Å²) in [5.41, 5.74) is 7.31. The van der Waals surface area contributed by atoms with Crippen molar-refractivity contribution in [1.82, 2.24) is 3.89 Å². The molecule has 3 N–H and O–H groups in total. The number of halogens is 3. The van der Waals surface area contributed by atoms with Gasteiger partial charge in [-0.2, -0.15) is 25.5 Å². The summed E-state index contributed by atoms with van der Waals surface area (Å²) < 4.78 is 63.9. The quantitative estimate of drug-likeness (QED) is 0.677. The molecule has 0 aromatic heterocycles. The molecule has 2 unspecified atom stereocenters. The third-order valence-corrected chi connectivity index (χ3v) is 7.07. The number of benzene rings is 2. The number of nitrogens with zero attached hydrogens (tertiary/aromatic N) is 1. The van der Waals surface area contributed by atoms with Gasteiger partial charge in [-0.05, 0) is 17.2 Å². The van der Waals surface area contributed by atoms with Gasteiger partial charge in [0, 0.05) is 24.3 Å². The van der Waals surface area contributed by atoms with Crippen LogP contribution in [0.25, 0.3) is 0 Å². The predicted molar refractivity (Wildman–Crippen MR) is 110 cm³/mol. The van der Waals surface area contributed by atoms with Crippen molar-refractivity contribution in [1.29, 1.82) is 0 Å². The molecule has 0 spiro atoms. The molecule has 0 radical (unpaired) electrons. The Kier molecular flexibility index (Phi) is 6.19. The van der Waals surface area contributed by atoms with E-state index in [1.165, 1.54) is 36.5 Å². The van der Waals surface area contributed by atoms with Crippen LogP contribution in [-0.4, -0.2) is 38.5 Å². The normalized spacial score (nSPS) is 20.6. The van der Waals surface area contributed by atoms with Crippen LogP contribution in [0.3, 0.4) is 0 Å². The third-order valence-electron chi connectivity index (χ3n) is 4.92. The smallest absolute Gasteiger partial charge is 0.384 e. The first-order chi connectivity index (χ1) is 14.1. The fraction of sp³-hybridized carbons (Fsp3) is 0.238. The van der Waals surface area contributed by atoms with Gasteiger partial charge in [-0.3, -0.25) is 0 Å². The summed E-state index contributed by atoms with van der Waals surface area (Å²) in [6.07, 6.45) is -1.47. The second-order valence-corrected chi connectivity index (χ2v) is 9.14. The van der Waals surface area contributed by atoms with Crippen molar-refractivity contribution >= 4 is 15.7 Å². The number of aliphatic hydroxyl groups excluding tert-OH is 1. The molecule has 2 aromatic carbocycles. The Morgan fingerprint density at radius 2 is 1.63 bits per heavy atom. The molecule has 1 heterocycles. The van der Waals surface area contributed by atoms with Gasteiger partial charge in [-0.1, -0.05) is 48.5 Å². The molecule has 0 fully saturated rings. The Hall–Kier alpha value is -2.46. The first-order valence-corrected chi connectivity index (χ1v) is 10.8. The standard InChI is InChI=1S/C21H22F3N2O3S/c22-21(23,24)15-30(28,29)26(12-4-5-16(13-25)14-26)19-10-8-18(9-11-19)20(27)17-6-2-1-3-7-17/h1-11,14,20,27H,12-13,15,25H2/q+1. The van der Waals surface area contributed by atoms with E-state index >= 15 is 0 Å².